The highest BCUT2D eigenvalue weighted by atomic mass is 15.1. The zero-order chi connectivity index (χ0) is 54.1. The summed E-state index contributed by atoms with van der Waals surface area (Å²) in [6, 6.07) is 89.5. The molecule has 0 saturated heterocycles. The van der Waals surface area contributed by atoms with Gasteiger partial charge in [-0.05, 0) is 193 Å². The summed E-state index contributed by atoms with van der Waals surface area (Å²) in [5.74, 6) is 0. The number of hydrogen-bond acceptors (Lipinski definition) is 1. The predicted octanol–water partition coefficient (Wildman–Crippen LogP) is 23.0. The molecule has 10 aromatic carbocycles. The molecule has 0 saturated carbocycles. The Morgan fingerprint density at radius 3 is 1.19 bits per heavy atom. The van der Waals surface area contributed by atoms with E-state index in [1.807, 2.05) is 0 Å². The van der Waals surface area contributed by atoms with E-state index in [1.165, 1.54) is 197 Å². The Balaban J connectivity index is 0.911. The van der Waals surface area contributed by atoms with Crippen LogP contribution in [-0.2, 0) is 18.3 Å². The van der Waals surface area contributed by atoms with Crippen LogP contribution in [0.4, 0.5) is 17.1 Å². The van der Waals surface area contributed by atoms with Crippen molar-refractivity contribution in [3.8, 4) is 77.9 Å². The Kier molecular flexibility index (Phi) is 16.2. The minimum atomic E-state index is -0.0105. The smallest absolute Gasteiger partial charge is 0.0465 e. The van der Waals surface area contributed by atoms with Crippen molar-refractivity contribution in [2.75, 3.05) is 4.90 Å². The summed E-state index contributed by atoms with van der Waals surface area (Å²) < 4.78 is 0. The number of benzene rings is 10. The lowest BCUT2D eigenvalue weighted by Gasteiger charge is -2.34. The van der Waals surface area contributed by atoms with Gasteiger partial charge in [0, 0.05) is 22.5 Å². The Hall–Kier alpha value is -8.00. The van der Waals surface area contributed by atoms with Crippen molar-refractivity contribution in [1.29, 1.82) is 0 Å². The molecular formula is C79H77N. The molecule has 0 fully saturated rings. The van der Waals surface area contributed by atoms with Crippen molar-refractivity contribution in [2.24, 2.45) is 0 Å². The van der Waals surface area contributed by atoms with Gasteiger partial charge >= 0.3 is 0 Å². The number of fused-ring (bicyclic) bond motifs is 4. The fraction of sp³-hybridized carbons (Fsp3) is 0.241. The molecule has 10 aromatic rings. The van der Waals surface area contributed by atoms with Crippen molar-refractivity contribution in [1.82, 2.24) is 0 Å². The van der Waals surface area contributed by atoms with Gasteiger partial charge in [0.2, 0.25) is 0 Å². The van der Waals surface area contributed by atoms with Crippen molar-refractivity contribution in [3.63, 3.8) is 0 Å². The summed E-state index contributed by atoms with van der Waals surface area (Å²) in [6.45, 7) is 4.65. The van der Waals surface area contributed by atoms with Crippen LogP contribution in [0.2, 0.25) is 0 Å². The van der Waals surface area contributed by atoms with Gasteiger partial charge in [0.25, 0.3) is 0 Å². The molecule has 2 aliphatic carbocycles. The number of unbranched alkanes of at least 4 members (excludes halogenated alkanes) is 10. The molecule has 0 radical (unpaired) electrons. The van der Waals surface area contributed by atoms with E-state index in [2.05, 4.69) is 255 Å². The van der Waals surface area contributed by atoms with Crippen molar-refractivity contribution in [2.45, 2.75) is 122 Å². The van der Waals surface area contributed by atoms with E-state index in [0.29, 0.717) is 0 Å². The first-order chi connectivity index (χ1) is 39.5. The standard InChI is InChI=1S/C79H77N/c1-3-5-7-9-11-21-49-79(50-22-12-10-8-6-4-2)77-34-20-19-33-75(77)76-48-47-74(57-78(76)79)80(72-43-39-60(40-44-72)58-25-15-13-16-26-58)73-45-41-62(42-46-73)64-30-24-32-66(52-64)70-54-69(55-71(56-70)68-38-36-61-35-37-67(61)53-68)65-31-23-29-63(51-65)59-27-17-14-18-28-59/h13-20,23-34,36,38-48,51-57H,3-12,21-22,35,37,49-50H2,1-2H3. The molecule has 0 spiro atoms. The average Bonchev–Trinajstić information content (AvgIpc) is 3.84. The SMILES string of the molecule is CCCCCCCCC1(CCCCCCCC)c2ccccc2-c2ccc(N(c3ccc(-c4ccccc4)cc3)c3ccc(-c4cccc(-c5cc(-c6cccc(-c7ccccc7)c6)cc(-c6ccc7c(c6)CC7)c5)c4)cc3)cc21. The zero-order valence-electron chi connectivity index (χ0n) is 47.3. The summed E-state index contributed by atoms with van der Waals surface area (Å²) in [4.78, 5) is 2.51. The van der Waals surface area contributed by atoms with E-state index in [4.69, 9.17) is 0 Å². The van der Waals surface area contributed by atoms with Crippen LogP contribution in [0.25, 0.3) is 77.9 Å². The van der Waals surface area contributed by atoms with E-state index in [0.717, 1.165) is 17.8 Å². The highest BCUT2D eigenvalue weighted by molar-refractivity contribution is 5.88. The third kappa shape index (κ3) is 11.3. The molecule has 0 unspecified atom stereocenters. The third-order valence-electron chi connectivity index (χ3n) is 17.8. The third-order valence-corrected chi connectivity index (χ3v) is 17.8. The van der Waals surface area contributed by atoms with Gasteiger partial charge in [-0.2, -0.15) is 0 Å². The molecule has 0 aliphatic heterocycles. The molecule has 398 valence electrons. The largest absolute Gasteiger partial charge is 0.310 e. The minimum Gasteiger partial charge on any atom is -0.310 e. The Morgan fingerprint density at radius 2 is 0.662 bits per heavy atom. The number of hydrogen-bond donors (Lipinski definition) is 0. The zero-order valence-corrected chi connectivity index (χ0v) is 47.3. The van der Waals surface area contributed by atoms with E-state index < -0.39 is 0 Å². The lowest BCUT2D eigenvalue weighted by Crippen LogP contribution is -2.26. The van der Waals surface area contributed by atoms with Crippen LogP contribution in [-0.4, -0.2) is 0 Å². The second-order valence-electron chi connectivity index (χ2n) is 23.0. The van der Waals surface area contributed by atoms with E-state index in [1.54, 1.807) is 5.56 Å². The maximum Gasteiger partial charge on any atom is 0.0465 e. The maximum absolute atomic E-state index is 2.60. The molecule has 0 atom stereocenters. The topological polar surface area (TPSA) is 3.24 Å². The number of aryl methyl sites for hydroxylation is 2. The number of nitrogens with zero attached hydrogens (tertiary/aromatic N) is 1. The van der Waals surface area contributed by atoms with Crippen LogP contribution in [0.3, 0.4) is 0 Å². The van der Waals surface area contributed by atoms with Gasteiger partial charge in [-0.15, -0.1) is 0 Å². The minimum absolute atomic E-state index is 0.0105. The molecule has 1 heteroatoms. The molecule has 12 rings (SSSR count). The summed E-state index contributed by atoms with van der Waals surface area (Å²) in [5.41, 5.74) is 27.1. The fourth-order valence-electron chi connectivity index (χ4n) is 13.2. The van der Waals surface area contributed by atoms with Crippen LogP contribution in [0.15, 0.2) is 237 Å². The maximum atomic E-state index is 2.60. The Morgan fingerprint density at radius 1 is 0.275 bits per heavy atom. The molecular weight excluding hydrogens is 963 g/mol. The first-order valence-electron chi connectivity index (χ1n) is 30.4. The highest BCUT2D eigenvalue weighted by Crippen LogP contribution is 2.56. The average molecular weight is 1040 g/mol. The van der Waals surface area contributed by atoms with Crippen LogP contribution in [0.5, 0.6) is 0 Å². The summed E-state index contributed by atoms with van der Waals surface area (Å²) in [7, 11) is 0. The second kappa shape index (κ2) is 24.6. The molecule has 0 heterocycles. The molecule has 0 N–H and O–H groups in total. The van der Waals surface area contributed by atoms with Crippen LogP contribution in [0.1, 0.15) is 126 Å². The molecule has 0 aromatic heterocycles. The lowest BCUT2D eigenvalue weighted by atomic mass is 9.70. The highest BCUT2D eigenvalue weighted by Gasteiger charge is 2.42. The molecule has 0 amide bonds. The Bertz CT molecular complexity index is 3660. The quantitative estimate of drug-likeness (QED) is 0.0577. The van der Waals surface area contributed by atoms with E-state index in [-0.39, 0.29) is 5.41 Å². The van der Waals surface area contributed by atoms with Crippen LogP contribution in [0, 0.1) is 0 Å². The molecule has 80 heavy (non-hydrogen) atoms. The van der Waals surface area contributed by atoms with Crippen molar-refractivity contribution < 1.29 is 0 Å². The Labute approximate surface area is 478 Å². The summed E-state index contributed by atoms with van der Waals surface area (Å²) >= 11 is 0. The number of rotatable bonds is 23. The monoisotopic (exact) mass is 1040 g/mol. The van der Waals surface area contributed by atoms with Crippen molar-refractivity contribution >= 4 is 17.1 Å². The fourth-order valence-corrected chi connectivity index (χ4v) is 13.2. The second-order valence-corrected chi connectivity index (χ2v) is 23.0. The van der Waals surface area contributed by atoms with Gasteiger partial charge in [-0.1, -0.05) is 261 Å². The van der Waals surface area contributed by atoms with Gasteiger partial charge in [0.15, 0.2) is 0 Å². The van der Waals surface area contributed by atoms with Crippen LogP contribution >= 0.6 is 0 Å². The first kappa shape index (κ1) is 52.7. The normalized spacial score (nSPS) is 12.8. The van der Waals surface area contributed by atoms with Crippen LogP contribution < -0.4 is 4.90 Å². The number of anilines is 3. The van der Waals surface area contributed by atoms with E-state index in [9.17, 15) is 0 Å². The van der Waals surface area contributed by atoms with Gasteiger partial charge in [-0.3, -0.25) is 0 Å². The van der Waals surface area contributed by atoms with Gasteiger partial charge in [-0.25, -0.2) is 0 Å². The van der Waals surface area contributed by atoms with Crippen molar-refractivity contribution in [3.05, 3.63) is 259 Å². The van der Waals surface area contributed by atoms with E-state index >= 15 is 0 Å². The summed E-state index contributed by atoms with van der Waals surface area (Å²) in [5, 5.41) is 0. The van der Waals surface area contributed by atoms with Gasteiger partial charge in [0.1, 0.15) is 0 Å². The molecule has 0 bridgehead atoms. The van der Waals surface area contributed by atoms with Gasteiger partial charge in [0.05, 0.1) is 0 Å². The molecule has 2 aliphatic rings. The molecule has 1 nitrogen and oxygen atoms in total. The predicted molar refractivity (Wildman–Crippen MR) is 343 cm³/mol. The lowest BCUT2D eigenvalue weighted by molar-refractivity contribution is 0.398. The summed E-state index contributed by atoms with van der Waals surface area (Å²) in [6.07, 6.45) is 20.5. The first-order valence-corrected chi connectivity index (χ1v) is 30.4. The van der Waals surface area contributed by atoms with Gasteiger partial charge < -0.3 is 4.90 Å².